The summed E-state index contributed by atoms with van der Waals surface area (Å²) in [6.07, 6.45) is 7.87. The summed E-state index contributed by atoms with van der Waals surface area (Å²) in [5, 5.41) is 4.24. The summed E-state index contributed by atoms with van der Waals surface area (Å²) in [6, 6.07) is 57.6. The zero-order valence-electron chi connectivity index (χ0n) is 27.9. The Hall–Kier alpha value is -6.58. The van der Waals surface area contributed by atoms with Gasteiger partial charge in [-0.05, 0) is 65.1 Å². The highest BCUT2D eigenvalue weighted by atomic mass is 16.3. The molecule has 0 fully saturated rings. The molecule has 0 radical (unpaired) electrons. The van der Waals surface area contributed by atoms with Crippen LogP contribution in [0.2, 0.25) is 0 Å². The van der Waals surface area contributed by atoms with Crippen LogP contribution in [0.1, 0.15) is 17.9 Å². The van der Waals surface area contributed by atoms with Gasteiger partial charge in [0, 0.05) is 44.4 Å². The van der Waals surface area contributed by atoms with Crippen molar-refractivity contribution in [3.05, 3.63) is 193 Å². The number of benzene rings is 7. The number of para-hydroxylation sites is 2. The van der Waals surface area contributed by atoms with Crippen molar-refractivity contribution in [3.8, 4) is 22.3 Å². The second kappa shape index (κ2) is 12.1. The van der Waals surface area contributed by atoms with Crippen LogP contribution in [0.5, 0.6) is 0 Å². The van der Waals surface area contributed by atoms with Crippen LogP contribution in [0.15, 0.2) is 197 Å². The van der Waals surface area contributed by atoms with Crippen molar-refractivity contribution in [1.29, 1.82) is 0 Å². The molecule has 1 atom stereocenters. The van der Waals surface area contributed by atoms with Gasteiger partial charge in [0.15, 0.2) is 5.58 Å². The van der Waals surface area contributed by atoms with Crippen LogP contribution in [0.4, 0.5) is 11.4 Å². The molecule has 9 aromatic rings. The molecule has 1 aliphatic carbocycles. The van der Waals surface area contributed by atoms with Crippen molar-refractivity contribution in [1.82, 2.24) is 0 Å². The summed E-state index contributed by atoms with van der Waals surface area (Å²) in [7, 11) is 0. The molecule has 7 aromatic carbocycles. The Kier molecular flexibility index (Phi) is 6.95. The molecule has 0 aliphatic heterocycles. The lowest BCUT2D eigenvalue weighted by atomic mass is 9.91. The van der Waals surface area contributed by atoms with E-state index in [4.69, 9.17) is 8.83 Å². The summed E-state index contributed by atoms with van der Waals surface area (Å²) in [5.74, 6) is 0.331. The monoisotopic (exact) mass is 655 g/mol. The zero-order chi connectivity index (χ0) is 33.7. The van der Waals surface area contributed by atoms with E-state index in [-0.39, 0.29) is 0 Å². The summed E-state index contributed by atoms with van der Waals surface area (Å²) >= 11 is 0. The minimum absolute atomic E-state index is 0.331. The molecular formula is C48H33NO2. The van der Waals surface area contributed by atoms with Crippen LogP contribution in [-0.4, -0.2) is 0 Å². The van der Waals surface area contributed by atoms with Gasteiger partial charge in [-0.2, -0.15) is 0 Å². The van der Waals surface area contributed by atoms with E-state index in [9.17, 15) is 0 Å². The normalized spacial score (nSPS) is 14.4. The fourth-order valence-electron chi connectivity index (χ4n) is 7.76. The molecule has 0 N–H and O–H groups in total. The molecule has 1 unspecified atom stereocenters. The fourth-order valence-corrected chi connectivity index (χ4v) is 7.76. The van der Waals surface area contributed by atoms with Crippen LogP contribution in [0, 0.1) is 0 Å². The van der Waals surface area contributed by atoms with Crippen molar-refractivity contribution < 1.29 is 8.83 Å². The maximum Gasteiger partial charge on any atom is 0.159 e. The Morgan fingerprint density at radius 3 is 1.92 bits per heavy atom. The first-order valence-corrected chi connectivity index (χ1v) is 17.5. The van der Waals surface area contributed by atoms with Gasteiger partial charge in [-0.3, -0.25) is 0 Å². The summed E-state index contributed by atoms with van der Waals surface area (Å²) in [6.45, 7) is 0. The summed E-state index contributed by atoms with van der Waals surface area (Å²) in [5.41, 5.74) is 12.5. The second-order valence-corrected chi connectivity index (χ2v) is 13.2. The van der Waals surface area contributed by atoms with E-state index < -0.39 is 0 Å². The van der Waals surface area contributed by atoms with Crippen LogP contribution >= 0.6 is 0 Å². The predicted octanol–water partition coefficient (Wildman–Crippen LogP) is 13.6. The molecule has 10 rings (SSSR count). The maximum atomic E-state index is 7.14. The van der Waals surface area contributed by atoms with Crippen molar-refractivity contribution in [3.63, 3.8) is 0 Å². The van der Waals surface area contributed by atoms with Gasteiger partial charge in [-0.1, -0.05) is 146 Å². The predicted molar refractivity (Wildman–Crippen MR) is 211 cm³/mol. The third-order valence-electron chi connectivity index (χ3n) is 10.2. The lowest BCUT2D eigenvalue weighted by molar-refractivity contribution is 0.664. The first-order chi connectivity index (χ1) is 25.3. The van der Waals surface area contributed by atoms with Crippen LogP contribution in [0.25, 0.3) is 66.1 Å². The van der Waals surface area contributed by atoms with Crippen molar-refractivity contribution in [2.24, 2.45) is 0 Å². The lowest BCUT2D eigenvalue weighted by Gasteiger charge is -2.29. The quantitative estimate of drug-likeness (QED) is 0.179. The second-order valence-electron chi connectivity index (χ2n) is 13.2. The van der Waals surface area contributed by atoms with Crippen molar-refractivity contribution in [2.45, 2.75) is 12.3 Å². The van der Waals surface area contributed by atoms with Gasteiger partial charge in [-0.25, -0.2) is 0 Å². The molecule has 2 heterocycles. The maximum absolute atomic E-state index is 7.14. The van der Waals surface area contributed by atoms with Crippen LogP contribution in [0.3, 0.4) is 0 Å². The number of fused-ring (bicyclic) bond motifs is 6. The minimum atomic E-state index is 0.331. The number of allylic oxidation sites excluding steroid dienone is 3. The standard InChI is InChI=1S/C48H33NO2/c1-4-13-32(14-5-1)34-23-27-37(28-24-34)49(38-29-25-35(26-30-38)33-15-6-2-7-16-33)42-21-12-20-39-41-31-44-46(40-19-10-11-22-43(40)50-44)45(48(41)51-47(39)42)36-17-8-3-9-18-36/h1-25,27-31,35H,26H2. The van der Waals surface area contributed by atoms with Crippen molar-refractivity contribution in [2.75, 3.05) is 4.90 Å². The molecule has 0 amide bonds. The van der Waals surface area contributed by atoms with E-state index in [2.05, 4.69) is 175 Å². The summed E-state index contributed by atoms with van der Waals surface area (Å²) < 4.78 is 13.6. The van der Waals surface area contributed by atoms with E-state index in [0.717, 1.165) is 78.5 Å². The van der Waals surface area contributed by atoms with Gasteiger partial charge >= 0.3 is 0 Å². The number of rotatable bonds is 6. The first-order valence-electron chi connectivity index (χ1n) is 17.5. The number of anilines is 2. The fraction of sp³-hybridized carbons (Fsp3) is 0.0417. The minimum Gasteiger partial charge on any atom is -0.456 e. The Labute approximate surface area is 296 Å². The molecule has 0 saturated heterocycles. The van der Waals surface area contributed by atoms with Gasteiger partial charge < -0.3 is 13.7 Å². The van der Waals surface area contributed by atoms with E-state index in [1.807, 2.05) is 12.1 Å². The summed E-state index contributed by atoms with van der Waals surface area (Å²) in [4.78, 5) is 2.35. The van der Waals surface area contributed by atoms with E-state index >= 15 is 0 Å². The van der Waals surface area contributed by atoms with Crippen LogP contribution < -0.4 is 4.90 Å². The van der Waals surface area contributed by atoms with E-state index in [1.165, 1.54) is 16.7 Å². The average Bonchev–Trinajstić information content (AvgIpc) is 3.77. The van der Waals surface area contributed by atoms with Crippen LogP contribution in [-0.2, 0) is 0 Å². The Balaban J connectivity index is 1.19. The van der Waals surface area contributed by atoms with E-state index in [0.29, 0.717) is 5.92 Å². The Bertz CT molecular complexity index is 2750. The third kappa shape index (κ3) is 4.97. The lowest BCUT2D eigenvalue weighted by Crippen LogP contribution is -2.17. The Morgan fingerprint density at radius 2 is 1.18 bits per heavy atom. The molecule has 3 heteroatoms. The van der Waals surface area contributed by atoms with E-state index in [1.54, 1.807) is 0 Å². The third-order valence-corrected chi connectivity index (χ3v) is 10.2. The molecular weight excluding hydrogens is 623 g/mol. The molecule has 3 nitrogen and oxygen atoms in total. The number of hydrogen-bond acceptors (Lipinski definition) is 3. The van der Waals surface area contributed by atoms with Gasteiger partial charge in [0.1, 0.15) is 16.7 Å². The first kappa shape index (κ1) is 29.3. The van der Waals surface area contributed by atoms with Gasteiger partial charge in [0.2, 0.25) is 0 Å². The molecule has 0 spiro atoms. The zero-order valence-corrected chi connectivity index (χ0v) is 27.9. The van der Waals surface area contributed by atoms with Gasteiger partial charge in [-0.15, -0.1) is 0 Å². The largest absolute Gasteiger partial charge is 0.456 e. The highest BCUT2D eigenvalue weighted by Gasteiger charge is 2.25. The molecule has 51 heavy (non-hydrogen) atoms. The molecule has 1 aliphatic rings. The van der Waals surface area contributed by atoms with Gasteiger partial charge in [0.25, 0.3) is 0 Å². The Morgan fingerprint density at radius 1 is 0.510 bits per heavy atom. The molecule has 242 valence electrons. The molecule has 0 saturated carbocycles. The average molecular weight is 656 g/mol. The number of nitrogens with zero attached hydrogens (tertiary/aromatic N) is 1. The highest BCUT2D eigenvalue weighted by Crippen LogP contribution is 2.48. The number of furan rings is 2. The van der Waals surface area contributed by atoms with Gasteiger partial charge in [0.05, 0.1) is 5.69 Å². The van der Waals surface area contributed by atoms with Crippen molar-refractivity contribution >= 4 is 55.3 Å². The molecule has 2 aromatic heterocycles. The topological polar surface area (TPSA) is 29.5 Å². The number of hydrogen-bond donors (Lipinski definition) is 0. The highest BCUT2D eigenvalue weighted by molar-refractivity contribution is 6.24. The molecule has 0 bridgehead atoms. The smallest absolute Gasteiger partial charge is 0.159 e. The SMILES string of the molecule is C1=CC(c2ccccc2)CC=C1N(c1ccc(-c2ccccc2)cc1)c1cccc2c1oc1c(-c3ccccc3)c3c(cc12)oc1ccccc13.